The molecule has 0 unspecified atom stereocenters. The molecular formula is C8H13N5S. The summed E-state index contributed by atoms with van der Waals surface area (Å²) >= 11 is 1.61. The molecule has 0 radical (unpaired) electrons. The average molecular weight is 211 g/mol. The number of rotatable bonds is 3. The van der Waals surface area contributed by atoms with Gasteiger partial charge in [0.25, 0.3) is 0 Å². The van der Waals surface area contributed by atoms with E-state index in [0.717, 1.165) is 5.69 Å². The van der Waals surface area contributed by atoms with Gasteiger partial charge in [-0.15, -0.1) is 5.10 Å². The summed E-state index contributed by atoms with van der Waals surface area (Å²) in [4.78, 5) is 1.74. The van der Waals surface area contributed by atoms with Crippen molar-refractivity contribution in [3.63, 3.8) is 0 Å². The van der Waals surface area contributed by atoms with Crippen LogP contribution < -0.4 is 11.1 Å². The van der Waals surface area contributed by atoms with E-state index < -0.39 is 0 Å². The maximum atomic E-state index is 5.48. The van der Waals surface area contributed by atoms with E-state index >= 15 is 0 Å². The first-order valence-corrected chi connectivity index (χ1v) is 4.96. The Morgan fingerprint density at radius 1 is 1.79 bits per heavy atom. The fraction of sp³-hybridized carbons (Fsp3) is 0.250. The third-order valence-corrected chi connectivity index (χ3v) is 2.26. The highest BCUT2D eigenvalue weighted by Gasteiger charge is 2.04. The summed E-state index contributed by atoms with van der Waals surface area (Å²) in [5, 5.41) is 14.3. The lowest BCUT2D eigenvalue weighted by Crippen LogP contribution is -2.36. The van der Waals surface area contributed by atoms with Crippen molar-refractivity contribution in [2.24, 2.45) is 15.9 Å². The van der Waals surface area contributed by atoms with Gasteiger partial charge in [0.15, 0.2) is 0 Å². The minimum atomic E-state index is 0.367. The van der Waals surface area contributed by atoms with Crippen LogP contribution in [0.3, 0.4) is 0 Å². The van der Waals surface area contributed by atoms with Gasteiger partial charge in [0.2, 0.25) is 5.96 Å². The third-order valence-electron chi connectivity index (χ3n) is 1.58. The third kappa shape index (κ3) is 2.82. The molecule has 76 valence electrons. The topological polar surface area (TPSA) is 66.0 Å². The normalized spacial score (nSPS) is 11.1. The molecule has 6 heteroatoms. The van der Waals surface area contributed by atoms with E-state index in [0.29, 0.717) is 12.6 Å². The molecule has 14 heavy (non-hydrogen) atoms. The van der Waals surface area contributed by atoms with Gasteiger partial charge in [-0.3, -0.25) is 0 Å². The molecule has 1 aromatic rings. The Morgan fingerprint density at radius 3 is 3.07 bits per heavy atom. The summed E-state index contributed by atoms with van der Waals surface area (Å²) in [7, 11) is 1.82. The van der Waals surface area contributed by atoms with Gasteiger partial charge >= 0.3 is 0 Å². The van der Waals surface area contributed by atoms with Crippen LogP contribution in [0.2, 0.25) is 0 Å². The molecule has 0 atom stereocenters. The molecule has 3 N–H and O–H groups in total. The minimum Gasteiger partial charge on any atom is -0.332 e. The molecule has 0 bridgehead atoms. The molecule has 1 heterocycles. The lowest BCUT2D eigenvalue weighted by molar-refractivity contribution is 0.518. The van der Waals surface area contributed by atoms with Crippen molar-refractivity contribution in [2.75, 3.05) is 19.0 Å². The summed E-state index contributed by atoms with van der Waals surface area (Å²) in [6, 6.07) is 1.95. The van der Waals surface area contributed by atoms with Gasteiger partial charge in [-0.05, 0) is 11.4 Å². The minimum absolute atomic E-state index is 0.367. The summed E-state index contributed by atoms with van der Waals surface area (Å²) in [5.41, 5.74) is 6.45. The number of nitrogens with zero attached hydrogens (tertiary/aromatic N) is 3. The second kappa shape index (κ2) is 5.36. The highest BCUT2D eigenvalue weighted by Crippen LogP contribution is 2.12. The fourth-order valence-corrected chi connectivity index (χ4v) is 1.40. The van der Waals surface area contributed by atoms with Crippen molar-refractivity contribution in [3.05, 3.63) is 16.8 Å². The zero-order valence-electron chi connectivity index (χ0n) is 7.97. The van der Waals surface area contributed by atoms with Crippen LogP contribution in [-0.4, -0.2) is 31.3 Å². The van der Waals surface area contributed by atoms with Crippen LogP contribution in [-0.2, 0) is 0 Å². The molecule has 0 aliphatic heterocycles. The second-order valence-corrected chi connectivity index (χ2v) is 3.36. The lowest BCUT2D eigenvalue weighted by atomic mass is 10.5. The van der Waals surface area contributed by atoms with Crippen LogP contribution in [0.25, 0.3) is 0 Å². The van der Waals surface area contributed by atoms with Crippen LogP contribution >= 0.6 is 11.3 Å². The van der Waals surface area contributed by atoms with Crippen molar-refractivity contribution in [1.29, 1.82) is 0 Å². The highest BCUT2D eigenvalue weighted by molar-refractivity contribution is 7.08. The zero-order chi connectivity index (χ0) is 10.4. The molecule has 0 amide bonds. The van der Waals surface area contributed by atoms with E-state index in [-0.39, 0.29) is 0 Å². The van der Waals surface area contributed by atoms with Gasteiger partial charge in [-0.25, -0.2) is 0 Å². The number of hydrogen-bond donors (Lipinski definition) is 2. The number of nitrogens with two attached hydrogens (primary N) is 1. The van der Waals surface area contributed by atoms with E-state index in [1.807, 2.05) is 23.9 Å². The summed E-state index contributed by atoms with van der Waals surface area (Å²) < 4.78 is 0. The predicted octanol–water partition coefficient (Wildman–Crippen LogP) is 0.980. The molecule has 0 aliphatic rings. The highest BCUT2D eigenvalue weighted by atomic mass is 32.1. The lowest BCUT2D eigenvalue weighted by Gasteiger charge is -2.18. The van der Waals surface area contributed by atoms with E-state index in [4.69, 9.17) is 5.73 Å². The summed E-state index contributed by atoms with van der Waals surface area (Å²) in [5.74, 6) is 0.584. The number of anilines is 1. The monoisotopic (exact) mass is 211 g/mol. The Labute approximate surface area is 86.9 Å². The zero-order valence-corrected chi connectivity index (χ0v) is 8.79. The number of thiophene rings is 1. The first kappa shape index (κ1) is 10.7. The number of hydrogen-bond acceptors (Lipinski definition) is 4. The van der Waals surface area contributed by atoms with Crippen LogP contribution in [0.4, 0.5) is 5.69 Å². The number of nitrogens with one attached hydrogen (secondary N) is 1. The van der Waals surface area contributed by atoms with Gasteiger partial charge in [-0.2, -0.15) is 16.4 Å². The standard InChI is InChI=1S/C8H13N5S/c1-10-12-8(13(2)6-9)11-7-3-4-14-5-7/h3-5H,1,6,9H2,2H3,(H,11,12). The molecule has 5 nitrogen and oxygen atoms in total. The first-order chi connectivity index (χ1) is 6.77. The Kier molecular flexibility index (Phi) is 4.09. The Balaban J connectivity index is 2.70. The molecule has 0 saturated carbocycles. The average Bonchev–Trinajstić information content (AvgIpc) is 2.68. The van der Waals surface area contributed by atoms with Crippen molar-refractivity contribution >= 4 is 29.7 Å². The summed E-state index contributed by atoms with van der Waals surface area (Å²) in [6.45, 7) is 3.67. The molecule has 0 aromatic carbocycles. The smallest absolute Gasteiger partial charge is 0.224 e. The first-order valence-electron chi connectivity index (χ1n) is 4.02. The van der Waals surface area contributed by atoms with Gasteiger partial charge in [0.1, 0.15) is 0 Å². The predicted molar refractivity (Wildman–Crippen MR) is 61.7 cm³/mol. The van der Waals surface area contributed by atoms with Gasteiger partial charge in [0.05, 0.1) is 12.4 Å². The van der Waals surface area contributed by atoms with Crippen LogP contribution in [0, 0.1) is 0 Å². The Hall–Kier alpha value is -1.40. The molecular weight excluding hydrogens is 198 g/mol. The quantitative estimate of drug-likeness (QED) is 0.339. The van der Waals surface area contributed by atoms with E-state index in [1.165, 1.54) is 0 Å². The van der Waals surface area contributed by atoms with E-state index in [1.54, 1.807) is 16.2 Å². The molecule has 0 fully saturated rings. The Morgan fingerprint density at radius 2 is 2.57 bits per heavy atom. The second-order valence-electron chi connectivity index (χ2n) is 2.58. The maximum Gasteiger partial charge on any atom is 0.224 e. The molecule has 1 aromatic heterocycles. The van der Waals surface area contributed by atoms with Crippen LogP contribution in [0.15, 0.2) is 27.0 Å². The Bertz CT molecular complexity index is 306. The van der Waals surface area contributed by atoms with Crippen molar-refractivity contribution < 1.29 is 0 Å². The van der Waals surface area contributed by atoms with Crippen molar-refractivity contribution in [3.8, 4) is 0 Å². The van der Waals surface area contributed by atoms with Crippen molar-refractivity contribution in [1.82, 2.24) is 4.90 Å². The molecule has 0 saturated heterocycles. The van der Waals surface area contributed by atoms with Gasteiger partial charge < -0.3 is 16.0 Å². The molecule has 0 spiro atoms. The van der Waals surface area contributed by atoms with E-state index in [2.05, 4.69) is 22.2 Å². The van der Waals surface area contributed by atoms with Crippen molar-refractivity contribution in [2.45, 2.75) is 0 Å². The van der Waals surface area contributed by atoms with Crippen LogP contribution in [0.1, 0.15) is 0 Å². The molecule has 0 aliphatic carbocycles. The SMILES string of the molecule is C=N/N=C(/Nc1ccsc1)N(C)CN. The molecule has 1 rings (SSSR count). The summed E-state index contributed by atoms with van der Waals surface area (Å²) in [6.07, 6.45) is 0. The largest absolute Gasteiger partial charge is 0.332 e. The van der Waals surface area contributed by atoms with Gasteiger partial charge in [0, 0.05) is 19.1 Å². The van der Waals surface area contributed by atoms with Crippen LogP contribution in [0.5, 0.6) is 0 Å². The fourth-order valence-electron chi connectivity index (χ4n) is 0.815. The van der Waals surface area contributed by atoms with Gasteiger partial charge in [-0.1, -0.05) is 0 Å². The number of guanidine groups is 1. The maximum absolute atomic E-state index is 5.48. The van der Waals surface area contributed by atoms with E-state index in [9.17, 15) is 0 Å².